The lowest BCUT2D eigenvalue weighted by atomic mass is 9.83. The van der Waals surface area contributed by atoms with Crippen molar-refractivity contribution in [3.8, 4) is 17.2 Å². The number of aliphatic carboxylic acids is 1. The van der Waals surface area contributed by atoms with Gasteiger partial charge in [0.05, 0.1) is 23.3 Å². The van der Waals surface area contributed by atoms with Crippen molar-refractivity contribution in [2.24, 2.45) is 0 Å². The number of likely N-dealkylation sites (N-methyl/N-ethyl adjacent to an activating group) is 1. The zero-order valence-corrected chi connectivity index (χ0v) is 21.0. The van der Waals surface area contributed by atoms with Crippen molar-refractivity contribution in [3.63, 3.8) is 0 Å². The summed E-state index contributed by atoms with van der Waals surface area (Å²) < 4.78 is 18.3. The highest BCUT2D eigenvalue weighted by Crippen LogP contribution is 2.41. The summed E-state index contributed by atoms with van der Waals surface area (Å²) in [6.07, 6.45) is 1.10. The highest BCUT2D eigenvalue weighted by molar-refractivity contribution is 5.78. The van der Waals surface area contributed by atoms with Gasteiger partial charge in [-0.3, -0.25) is 14.7 Å². The Morgan fingerprint density at radius 1 is 1.11 bits per heavy atom. The molecule has 1 N–H and O–H groups in total. The van der Waals surface area contributed by atoms with Gasteiger partial charge in [-0.25, -0.2) is 4.98 Å². The van der Waals surface area contributed by atoms with E-state index in [1.807, 2.05) is 73.7 Å². The van der Waals surface area contributed by atoms with E-state index < -0.39 is 24.0 Å². The van der Waals surface area contributed by atoms with Crippen molar-refractivity contribution in [1.82, 2.24) is 14.9 Å². The number of rotatable bonds is 8. The number of ether oxygens (including phenoxy) is 3. The minimum atomic E-state index is -0.940. The third kappa shape index (κ3) is 5.34. The number of hydrogen-bond acceptors (Lipinski definition) is 7. The van der Waals surface area contributed by atoms with Crippen LogP contribution < -0.4 is 14.2 Å². The predicted molar refractivity (Wildman–Crippen MR) is 139 cm³/mol. The fourth-order valence-corrected chi connectivity index (χ4v) is 4.71. The molecule has 0 saturated carbocycles. The van der Waals surface area contributed by atoms with Crippen molar-refractivity contribution in [2.45, 2.75) is 31.6 Å². The van der Waals surface area contributed by atoms with Gasteiger partial charge in [-0.2, -0.15) is 0 Å². The molecule has 1 aliphatic heterocycles. The number of aromatic nitrogens is 2. The summed E-state index contributed by atoms with van der Waals surface area (Å²) in [5.41, 5.74) is 3.30. The van der Waals surface area contributed by atoms with Crippen molar-refractivity contribution >= 4 is 16.9 Å². The van der Waals surface area contributed by atoms with Crippen LogP contribution in [-0.4, -0.2) is 58.8 Å². The average molecular weight is 500 g/mol. The molecule has 0 saturated heterocycles. The minimum Gasteiger partial charge on any atom is -0.489 e. The largest absolute Gasteiger partial charge is 0.489 e. The number of nitrogens with zero attached hydrogens (tertiary/aromatic N) is 3. The molecule has 0 spiro atoms. The van der Waals surface area contributed by atoms with E-state index in [0.717, 1.165) is 27.9 Å². The molecule has 0 radical (unpaired) electrons. The van der Waals surface area contributed by atoms with Gasteiger partial charge in [0, 0.05) is 16.6 Å². The number of carboxylic acids is 1. The van der Waals surface area contributed by atoms with E-state index in [2.05, 4.69) is 9.97 Å². The zero-order chi connectivity index (χ0) is 25.9. The maximum absolute atomic E-state index is 12.4. The van der Waals surface area contributed by atoms with E-state index in [0.29, 0.717) is 17.2 Å². The van der Waals surface area contributed by atoms with Crippen LogP contribution in [0, 0.1) is 6.92 Å². The van der Waals surface area contributed by atoms with Gasteiger partial charge in [0.25, 0.3) is 0 Å². The summed E-state index contributed by atoms with van der Waals surface area (Å²) >= 11 is 0. The zero-order valence-electron chi connectivity index (χ0n) is 21.0. The molecular formula is C29H29N3O5. The summed E-state index contributed by atoms with van der Waals surface area (Å²) in [6.45, 7) is 2.39. The average Bonchev–Trinajstić information content (AvgIpc) is 2.89. The van der Waals surface area contributed by atoms with Crippen molar-refractivity contribution < 1.29 is 24.1 Å². The topological polar surface area (TPSA) is 94.0 Å². The first-order chi connectivity index (χ1) is 17.9. The SMILES string of the molecule is Cc1ccc(O[C@@H]2COc3ccc(OCc4ccc5ccccc5n4)cc3[C@@H]2C(C(=O)O)N(C)C)cn1. The van der Waals surface area contributed by atoms with Gasteiger partial charge < -0.3 is 19.3 Å². The second-order valence-corrected chi connectivity index (χ2v) is 9.36. The minimum absolute atomic E-state index is 0.213. The molecule has 3 atom stereocenters. The normalized spacial score (nSPS) is 17.6. The van der Waals surface area contributed by atoms with Crippen LogP contribution in [0.5, 0.6) is 17.2 Å². The lowest BCUT2D eigenvalue weighted by Crippen LogP contribution is -2.50. The maximum Gasteiger partial charge on any atom is 0.321 e. The van der Waals surface area contributed by atoms with Crippen molar-refractivity contribution in [3.05, 3.63) is 89.9 Å². The van der Waals surface area contributed by atoms with Crippen LogP contribution in [0.1, 0.15) is 22.9 Å². The number of para-hydroxylation sites is 1. The van der Waals surface area contributed by atoms with Gasteiger partial charge in [0.2, 0.25) is 0 Å². The molecule has 3 heterocycles. The number of aryl methyl sites for hydroxylation is 1. The summed E-state index contributed by atoms with van der Waals surface area (Å²) in [5, 5.41) is 11.2. The molecule has 5 rings (SSSR count). The van der Waals surface area contributed by atoms with Crippen LogP contribution in [0.25, 0.3) is 10.9 Å². The van der Waals surface area contributed by atoms with E-state index in [-0.39, 0.29) is 13.2 Å². The van der Waals surface area contributed by atoms with Gasteiger partial charge in [0.15, 0.2) is 0 Å². The first kappa shape index (κ1) is 24.5. The molecular weight excluding hydrogens is 470 g/mol. The molecule has 4 aromatic rings. The Kier molecular flexibility index (Phi) is 6.92. The molecule has 190 valence electrons. The maximum atomic E-state index is 12.4. The van der Waals surface area contributed by atoms with Crippen LogP contribution in [0.4, 0.5) is 0 Å². The Balaban J connectivity index is 1.44. The number of carbonyl (C=O) groups is 1. The molecule has 0 bridgehead atoms. The number of benzene rings is 2. The van der Waals surface area contributed by atoms with E-state index in [9.17, 15) is 9.90 Å². The lowest BCUT2D eigenvalue weighted by Gasteiger charge is -2.39. The summed E-state index contributed by atoms with van der Waals surface area (Å²) in [4.78, 5) is 23.1. The van der Waals surface area contributed by atoms with E-state index in [1.54, 1.807) is 25.2 Å². The Bertz CT molecular complexity index is 1410. The van der Waals surface area contributed by atoms with Gasteiger partial charge in [-0.1, -0.05) is 24.3 Å². The summed E-state index contributed by atoms with van der Waals surface area (Å²) in [5.74, 6) is 0.328. The van der Waals surface area contributed by atoms with Crippen molar-refractivity contribution in [1.29, 1.82) is 0 Å². The third-order valence-corrected chi connectivity index (χ3v) is 6.51. The van der Waals surface area contributed by atoms with Gasteiger partial charge in [0.1, 0.15) is 42.6 Å². The first-order valence-electron chi connectivity index (χ1n) is 12.1. The predicted octanol–water partition coefficient (Wildman–Crippen LogP) is 4.46. The van der Waals surface area contributed by atoms with Crippen LogP contribution >= 0.6 is 0 Å². The highest BCUT2D eigenvalue weighted by Gasteiger charge is 2.43. The smallest absolute Gasteiger partial charge is 0.321 e. The molecule has 1 aliphatic rings. The van der Waals surface area contributed by atoms with Gasteiger partial charge in [-0.05, 0) is 63.5 Å². The van der Waals surface area contributed by atoms with Crippen molar-refractivity contribution in [2.75, 3.05) is 20.7 Å². The molecule has 0 aliphatic carbocycles. The summed E-state index contributed by atoms with van der Waals surface area (Å²) in [6, 6.07) is 20.2. The number of hydrogen-bond donors (Lipinski definition) is 1. The second kappa shape index (κ2) is 10.4. The number of fused-ring (bicyclic) bond motifs is 2. The quantitative estimate of drug-likeness (QED) is 0.380. The molecule has 8 heteroatoms. The van der Waals surface area contributed by atoms with Crippen LogP contribution in [-0.2, 0) is 11.4 Å². The molecule has 1 unspecified atom stereocenters. The molecule has 0 amide bonds. The van der Waals surface area contributed by atoms with E-state index in [4.69, 9.17) is 14.2 Å². The monoisotopic (exact) mass is 499 g/mol. The Hall–Kier alpha value is -4.17. The third-order valence-electron chi connectivity index (χ3n) is 6.51. The van der Waals surface area contributed by atoms with Gasteiger partial charge in [-0.15, -0.1) is 0 Å². The fraction of sp³-hybridized carbons (Fsp3) is 0.276. The lowest BCUT2D eigenvalue weighted by molar-refractivity contribution is -0.144. The Morgan fingerprint density at radius 3 is 2.68 bits per heavy atom. The fourth-order valence-electron chi connectivity index (χ4n) is 4.71. The molecule has 2 aromatic carbocycles. The Labute approximate surface area is 215 Å². The van der Waals surface area contributed by atoms with Crippen LogP contribution in [0.2, 0.25) is 0 Å². The molecule has 37 heavy (non-hydrogen) atoms. The van der Waals surface area contributed by atoms with Gasteiger partial charge >= 0.3 is 5.97 Å². The van der Waals surface area contributed by atoms with Crippen LogP contribution in [0.15, 0.2) is 72.9 Å². The standard InChI is InChI=1S/C29H29N3O5/c1-18-8-11-22(15-30-18)37-26-17-36-25-13-12-21(14-23(25)27(26)28(29(33)34)32(2)3)35-16-20-10-9-19-6-4-5-7-24(19)31-20/h4-15,26-28H,16-17H2,1-3H3,(H,33,34)/t26-,27+,28?/m1/s1. The summed E-state index contributed by atoms with van der Waals surface area (Å²) in [7, 11) is 3.51. The van der Waals surface area contributed by atoms with E-state index in [1.165, 1.54) is 0 Å². The number of carboxylic acid groups (broad SMARTS) is 1. The van der Waals surface area contributed by atoms with Crippen LogP contribution in [0.3, 0.4) is 0 Å². The molecule has 0 fully saturated rings. The highest BCUT2D eigenvalue weighted by atomic mass is 16.5. The second-order valence-electron chi connectivity index (χ2n) is 9.36. The first-order valence-corrected chi connectivity index (χ1v) is 12.1. The Morgan fingerprint density at radius 2 is 1.92 bits per heavy atom. The van der Waals surface area contributed by atoms with E-state index >= 15 is 0 Å². The molecule has 2 aromatic heterocycles. The molecule has 8 nitrogen and oxygen atoms in total. The number of pyridine rings is 2.